The van der Waals surface area contributed by atoms with E-state index in [0.717, 1.165) is 16.9 Å². The van der Waals surface area contributed by atoms with Crippen LogP contribution in [0.3, 0.4) is 0 Å². The third kappa shape index (κ3) is 3.12. The zero-order chi connectivity index (χ0) is 11.9. The Kier molecular flexibility index (Phi) is 3.83. The molecule has 1 heteroatoms. The van der Waals surface area contributed by atoms with Crippen LogP contribution >= 0.6 is 0 Å². The van der Waals surface area contributed by atoms with E-state index in [1.165, 1.54) is 0 Å². The number of benzene rings is 2. The fraction of sp³-hybridized carbons (Fsp3) is 0.125. The Morgan fingerprint density at radius 1 is 0.941 bits per heavy atom. The smallest absolute Gasteiger partial charge is 0.135 e. The molecule has 0 fully saturated rings. The molecular formula is C16H14O. The third-order valence-electron chi connectivity index (χ3n) is 2.38. The summed E-state index contributed by atoms with van der Waals surface area (Å²) in [6.07, 6.45) is 0. The Balaban J connectivity index is 2.11. The molecule has 0 amide bonds. The van der Waals surface area contributed by atoms with Gasteiger partial charge in [-0.1, -0.05) is 48.4 Å². The van der Waals surface area contributed by atoms with E-state index in [-0.39, 0.29) is 0 Å². The molecule has 0 aliphatic carbocycles. The van der Waals surface area contributed by atoms with Gasteiger partial charge in [-0.3, -0.25) is 0 Å². The summed E-state index contributed by atoms with van der Waals surface area (Å²) in [6, 6.07) is 18.0. The van der Waals surface area contributed by atoms with E-state index in [1.807, 2.05) is 61.5 Å². The van der Waals surface area contributed by atoms with Crippen LogP contribution in [0.1, 0.15) is 18.1 Å². The molecule has 0 aromatic heterocycles. The Bertz CT molecular complexity index is 532. The predicted octanol–water partition coefficient (Wildman–Crippen LogP) is 3.64. The van der Waals surface area contributed by atoms with Crippen molar-refractivity contribution in [3.8, 4) is 17.6 Å². The maximum absolute atomic E-state index is 5.77. The minimum absolute atomic E-state index is 0.573. The lowest BCUT2D eigenvalue weighted by molar-refractivity contribution is 0.305. The van der Waals surface area contributed by atoms with Gasteiger partial charge in [-0.25, -0.2) is 0 Å². The van der Waals surface area contributed by atoms with E-state index >= 15 is 0 Å². The van der Waals surface area contributed by atoms with Crippen molar-refractivity contribution in [2.24, 2.45) is 0 Å². The summed E-state index contributed by atoms with van der Waals surface area (Å²) >= 11 is 0. The van der Waals surface area contributed by atoms with Gasteiger partial charge >= 0.3 is 0 Å². The van der Waals surface area contributed by atoms with Gasteiger partial charge in [0.2, 0.25) is 0 Å². The molecular weight excluding hydrogens is 208 g/mol. The first-order valence-electron chi connectivity index (χ1n) is 5.58. The van der Waals surface area contributed by atoms with Crippen LogP contribution in [0.4, 0.5) is 0 Å². The average Bonchev–Trinajstić information content (AvgIpc) is 2.39. The summed E-state index contributed by atoms with van der Waals surface area (Å²) in [5.74, 6) is 6.77. The van der Waals surface area contributed by atoms with E-state index < -0.39 is 0 Å². The van der Waals surface area contributed by atoms with Crippen molar-refractivity contribution < 1.29 is 4.74 Å². The summed E-state index contributed by atoms with van der Waals surface area (Å²) in [4.78, 5) is 0. The summed E-state index contributed by atoms with van der Waals surface area (Å²) in [7, 11) is 0. The van der Waals surface area contributed by atoms with Gasteiger partial charge in [-0.15, -0.1) is 5.92 Å². The van der Waals surface area contributed by atoms with E-state index in [2.05, 4.69) is 11.8 Å². The lowest BCUT2D eigenvalue weighted by Crippen LogP contribution is -1.96. The van der Waals surface area contributed by atoms with Crippen LogP contribution in [0.25, 0.3) is 0 Å². The van der Waals surface area contributed by atoms with Crippen molar-refractivity contribution in [2.45, 2.75) is 13.5 Å². The second kappa shape index (κ2) is 5.77. The molecule has 0 heterocycles. The second-order valence-electron chi connectivity index (χ2n) is 3.65. The molecule has 2 aromatic carbocycles. The van der Waals surface area contributed by atoms with Crippen LogP contribution in [0, 0.1) is 11.8 Å². The molecule has 0 bridgehead atoms. The number of para-hydroxylation sites is 1. The molecule has 0 atom stereocenters. The van der Waals surface area contributed by atoms with Crippen LogP contribution in [0.15, 0.2) is 54.6 Å². The van der Waals surface area contributed by atoms with Gasteiger partial charge in [0.05, 0.1) is 5.56 Å². The zero-order valence-corrected chi connectivity index (χ0v) is 9.81. The molecule has 0 aliphatic heterocycles. The van der Waals surface area contributed by atoms with Crippen LogP contribution in [0.2, 0.25) is 0 Å². The summed E-state index contributed by atoms with van der Waals surface area (Å²) < 4.78 is 5.77. The number of rotatable bonds is 3. The predicted molar refractivity (Wildman–Crippen MR) is 69.8 cm³/mol. The monoisotopic (exact) mass is 222 g/mol. The van der Waals surface area contributed by atoms with Gasteiger partial charge < -0.3 is 4.74 Å². The third-order valence-corrected chi connectivity index (χ3v) is 2.38. The van der Waals surface area contributed by atoms with Crippen molar-refractivity contribution >= 4 is 0 Å². The Hall–Kier alpha value is -2.20. The van der Waals surface area contributed by atoms with Gasteiger partial charge in [0.15, 0.2) is 0 Å². The second-order valence-corrected chi connectivity index (χ2v) is 3.65. The van der Waals surface area contributed by atoms with Gasteiger partial charge in [-0.2, -0.15) is 0 Å². The summed E-state index contributed by atoms with van der Waals surface area (Å²) in [5.41, 5.74) is 2.10. The molecule has 0 unspecified atom stereocenters. The molecule has 0 aliphatic rings. The molecule has 1 nitrogen and oxygen atoms in total. The van der Waals surface area contributed by atoms with Crippen LogP contribution in [0.5, 0.6) is 5.75 Å². The highest BCUT2D eigenvalue weighted by Gasteiger charge is 2.00. The largest absolute Gasteiger partial charge is 0.488 e. The van der Waals surface area contributed by atoms with Crippen molar-refractivity contribution in [3.05, 3.63) is 65.7 Å². The topological polar surface area (TPSA) is 9.23 Å². The van der Waals surface area contributed by atoms with Crippen LogP contribution < -0.4 is 4.74 Å². The van der Waals surface area contributed by atoms with Crippen molar-refractivity contribution in [1.82, 2.24) is 0 Å². The van der Waals surface area contributed by atoms with Gasteiger partial charge in [-0.05, 0) is 24.6 Å². The number of hydrogen-bond donors (Lipinski definition) is 0. The molecule has 17 heavy (non-hydrogen) atoms. The minimum atomic E-state index is 0.573. The highest BCUT2D eigenvalue weighted by molar-refractivity contribution is 5.45. The molecule has 0 spiro atoms. The van der Waals surface area contributed by atoms with E-state index in [1.54, 1.807) is 0 Å². The molecule has 0 N–H and O–H groups in total. The highest BCUT2D eigenvalue weighted by Crippen LogP contribution is 2.18. The summed E-state index contributed by atoms with van der Waals surface area (Å²) in [6.45, 7) is 2.40. The van der Waals surface area contributed by atoms with Gasteiger partial charge in [0.1, 0.15) is 12.4 Å². The maximum Gasteiger partial charge on any atom is 0.135 e. The molecule has 2 aromatic rings. The SMILES string of the molecule is CC#Cc1ccccc1OCc1ccccc1. The first-order valence-corrected chi connectivity index (χ1v) is 5.58. The molecule has 0 saturated heterocycles. The van der Waals surface area contributed by atoms with E-state index in [0.29, 0.717) is 6.61 Å². The average molecular weight is 222 g/mol. The van der Waals surface area contributed by atoms with Gasteiger partial charge in [0, 0.05) is 0 Å². The summed E-state index contributed by atoms with van der Waals surface area (Å²) in [5, 5.41) is 0. The van der Waals surface area contributed by atoms with Crippen molar-refractivity contribution in [3.63, 3.8) is 0 Å². The normalized spacial score (nSPS) is 9.24. The van der Waals surface area contributed by atoms with Gasteiger partial charge in [0.25, 0.3) is 0 Å². The number of ether oxygens (including phenoxy) is 1. The fourth-order valence-electron chi connectivity index (χ4n) is 1.57. The molecule has 0 radical (unpaired) electrons. The van der Waals surface area contributed by atoms with Crippen LogP contribution in [-0.2, 0) is 6.61 Å². The maximum atomic E-state index is 5.77. The lowest BCUT2D eigenvalue weighted by Gasteiger charge is -2.07. The zero-order valence-electron chi connectivity index (χ0n) is 9.81. The fourth-order valence-corrected chi connectivity index (χ4v) is 1.57. The molecule has 2 rings (SSSR count). The lowest BCUT2D eigenvalue weighted by atomic mass is 10.2. The van der Waals surface area contributed by atoms with E-state index in [9.17, 15) is 0 Å². The Morgan fingerprint density at radius 3 is 2.41 bits per heavy atom. The van der Waals surface area contributed by atoms with Crippen molar-refractivity contribution in [1.29, 1.82) is 0 Å². The highest BCUT2D eigenvalue weighted by atomic mass is 16.5. The first-order chi connectivity index (χ1) is 8.40. The quantitative estimate of drug-likeness (QED) is 0.720. The standard InChI is InChI=1S/C16H14O/c1-2-8-15-11-6-7-12-16(15)17-13-14-9-4-3-5-10-14/h3-7,9-12H,13H2,1H3. The Labute approximate surface area is 102 Å². The minimum Gasteiger partial charge on any atom is -0.488 e. The van der Waals surface area contributed by atoms with Crippen LogP contribution in [-0.4, -0.2) is 0 Å². The molecule has 84 valence electrons. The van der Waals surface area contributed by atoms with Crippen molar-refractivity contribution in [2.75, 3.05) is 0 Å². The van der Waals surface area contributed by atoms with E-state index in [4.69, 9.17) is 4.74 Å². The number of hydrogen-bond acceptors (Lipinski definition) is 1. The first kappa shape index (κ1) is 11.3. The molecule has 0 saturated carbocycles. The Morgan fingerprint density at radius 2 is 1.65 bits per heavy atom.